The summed E-state index contributed by atoms with van der Waals surface area (Å²) in [7, 11) is 0. The summed E-state index contributed by atoms with van der Waals surface area (Å²) in [6, 6.07) is 14.1. The highest BCUT2D eigenvalue weighted by molar-refractivity contribution is 6.43. The number of urea groups is 1. The maximum Gasteiger partial charge on any atom is 0.319 e. The van der Waals surface area contributed by atoms with Gasteiger partial charge in [0.25, 0.3) is 0 Å². The number of hydrogen-bond donors (Lipinski definition) is 2. The number of carbonyl (C=O) groups excluding carboxylic acids is 2. The highest BCUT2D eigenvalue weighted by Crippen LogP contribution is 2.29. The Morgan fingerprint density at radius 3 is 2.62 bits per heavy atom. The summed E-state index contributed by atoms with van der Waals surface area (Å²) in [6.07, 6.45) is 0.272. The normalized spacial score (nSPS) is 17.9. The largest absolute Gasteiger partial charge is 0.334 e. The highest BCUT2D eigenvalue weighted by Gasteiger charge is 2.34. The Morgan fingerprint density at radius 1 is 1.15 bits per heavy atom. The summed E-state index contributed by atoms with van der Waals surface area (Å²) in [6.45, 7) is 2.45. The van der Waals surface area contributed by atoms with Gasteiger partial charge in [-0.15, -0.1) is 0 Å². The van der Waals surface area contributed by atoms with Crippen LogP contribution in [0.4, 0.5) is 10.5 Å². The summed E-state index contributed by atoms with van der Waals surface area (Å²) in [4.78, 5) is 26.4. The van der Waals surface area contributed by atoms with Gasteiger partial charge < -0.3 is 15.5 Å². The zero-order valence-corrected chi connectivity index (χ0v) is 15.7. The first-order chi connectivity index (χ1) is 12.5. The van der Waals surface area contributed by atoms with Crippen molar-refractivity contribution in [2.75, 3.05) is 11.9 Å². The Bertz CT molecular complexity index is 814. The van der Waals surface area contributed by atoms with Crippen molar-refractivity contribution in [2.45, 2.75) is 25.4 Å². The molecule has 0 aliphatic carbocycles. The molecule has 0 radical (unpaired) electrons. The van der Waals surface area contributed by atoms with Gasteiger partial charge in [0.2, 0.25) is 5.91 Å². The monoisotopic (exact) mass is 391 g/mol. The minimum atomic E-state index is -0.416. The molecule has 2 N–H and O–H groups in total. The molecule has 2 unspecified atom stereocenters. The number of likely N-dealkylation sites (tertiary alicyclic amines) is 1. The second-order valence-corrected chi connectivity index (χ2v) is 7.02. The van der Waals surface area contributed by atoms with Gasteiger partial charge in [-0.25, -0.2) is 4.79 Å². The lowest BCUT2D eigenvalue weighted by Crippen LogP contribution is -2.40. The SMILES string of the molecule is CC(c1ccccc1)N1CC(NC(=O)Nc2cccc(Cl)c2Cl)CC1=O. The lowest BCUT2D eigenvalue weighted by atomic mass is 10.1. The molecule has 0 aromatic heterocycles. The van der Waals surface area contributed by atoms with Crippen molar-refractivity contribution >= 4 is 40.8 Å². The quantitative estimate of drug-likeness (QED) is 0.806. The van der Waals surface area contributed by atoms with E-state index in [4.69, 9.17) is 23.2 Å². The molecule has 7 heteroatoms. The van der Waals surface area contributed by atoms with E-state index in [-0.39, 0.29) is 29.4 Å². The number of rotatable bonds is 4. The molecule has 26 heavy (non-hydrogen) atoms. The van der Waals surface area contributed by atoms with Gasteiger partial charge in [-0.05, 0) is 24.6 Å². The zero-order chi connectivity index (χ0) is 18.7. The van der Waals surface area contributed by atoms with Crippen LogP contribution in [0.1, 0.15) is 24.9 Å². The van der Waals surface area contributed by atoms with Crippen molar-refractivity contribution in [3.63, 3.8) is 0 Å². The summed E-state index contributed by atoms with van der Waals surface area (Å²) in [5, 5.41) is 6.15. The first kappa shape index (κ1) is 18.5. The number of benzene rings is 2. The first-order valence-corrected chi connectivity index (χ1v) is 9.07. The minimum Gasteiger partial charge on any atom is -0.334 e. The first-order valence-electron chi connectivity index (χ1n) is 8.31. The predicted octanol–water partition coefficient (Wildman–Crippen LogP) is 4.48. The van der Waals surface area contributed by atoms with E-state index in [1.807, 2.05) is 37.3 Å². The molecule has 1 fully saturated rings. The number of nitrogens with one attached hydrogen (secondary N) is 2. The number of carbonyl (C=O) groups is 2. The third-order valence-electron chi connectivity index (χ3n) is 4.44. The van der Waals surface area contributed by atoms with E-state index in [9.17, 15) is 9.59 Å². The molecule has 2 atom stereocenters. The molecule has 136 valence electrons. The molecule has 0 spiro atoms. The Hall–Kier alpha value is -2.24. The van der Waals surface area contributed by atoms with Gasteiger partial charge in [-0.2, -0.15) is 0 Å². The van der Waals surface area contributed by atoms with Gasteiger partial charge in [0.15, 0.2) is 0 Å². The van der Waals surface area contributed by atoms with Gasteiger partial charge in [0.05, 0.1) is 27.8 Å². The molecule has 1 heterocycles. The summed E-state index contributed by atoms with van der Waals surface area (Å²) in [5.74, 6) is 0.0208. The minimum absolute atomic E-state index is 0.0208. The van der Waals surface area contributed by atoms with E-state index < -0.39 is 6.03 Å². The maximum atomic E-state index is 12.4. The van der Waals surface area contributed by atoms with Gasteiger partial charge in [-0.1, -0.05) is 59.6 Å². The molecule has 5 nitrogen and oxygen atoms in total. The van der Waals surface area contributed by atoms with Crippen molar-refractivity contribution in [2.24, 2.45) is 0 Å². The van der Waals surface area contributed by atoms with E-state index >= 15 is 0 Å². The van der Waals surface area contributed by atoms with Crippen LogP contribution >= 0.6 is 23.2 Å². The smallest absolute Gasteiger partial charge is 0.319 e. The Labute approximate surface area is 162 Å². The number of nitrogens with zero attached hydrogens (tertiary/aromatic N) is 1. The van der Waals surface area contributed by atoms with Crippen molar-refractivity contribution in [1.29, 1.82) is 0 Å². The lowest BCUT2D eigenvalue weighted by Gasteiger charge is -2.25. The van der Waals surface area contributed by atoms with Crippen LogP contribution in [0.2, 0.25) is 10.0 Å². The van der Waals surface area contributed by atoms with Crippen molar-refractivity contribution in [3.8, 4) is 0 Å². The van der Waals surface area contributed by atoms with E-state index in [1.54, 1.807) is 23.1 Å². The van der Waals surface area contributed by atoms with Crippen LogP contribution in [0, 0.1) is 0 Å². The number of hydrogen-bond acceptors (Lipinski definition) is 2. The topological polar surface area (TPSA) is 61.4 Å². The second kappa shape index (κ2) is 7.98. The third kappa shape index (κ3) is 4.11. The van der Waals surface area contributed by atoms with Crippen LogP contribution in [0.5, 0.6) is 0 Å². The Morgan fingerprint density at radius 2 is 1.88 bits per heavy atom. The fourth-order valence-corrected chi connectivity index (χ4v) is 3.41. The molecule has 2 aromatic rings. The van der Waals surface area contributed by atoms with Crippen LogP contribution in [0.25, 0.3) is 0 Å². The molecule has 1 aliphatic rings. The lowest BCUT2D eigenvalue weighted by molar-refractivity contribution is -0.129. The van der Waals surface area contributed by atoms with Gasteiger partial charge in [-0.3, -0.25) is 4.79 Å². The highest BCUT2D eigenvalue weighted by atomic mass is 35.5. The number of halogens is 2. The fourth-order valence-electron chi connectivity index (χ4n) is 3.06. The molecule has 1 saturated heterocycles. The Balaban J connectivity index is 1.60. The molecule has 1 aliphatic heterocycles. The van der Waals surface area contributed by atoms with Crippen molar-refractivity contribution in [1.82, 2.24) is 10.2 Å². The van der Waals surface area contributed by atoms with E-state index in [0.717, 1.165) is 5.56 Å². The summed E-state index contributed by atoms with van der Waals surface area (Å²) in [5.41, 5.74) is 1.49. The second-order valence-electron chi connectivity index (χ2n) is 6.23. The predicted molar refractivity (Wildman–Crippen MR) is 104 cm³/mol. The van der Waals surface area contributed by atoms with Crippen molar-refractivity contribution in [3.05, 3.63) is 64.1 Å². The summed E-state index contributed by atoms with van der Waals surface area (Å²) < 4.78 is 0. The van der Waals surface area contributed by atoms with Crippen LogP contribution in [0.15, 0.2) is 48.5 Å². The van der Waals surface area contributed by atoms with Crippen molar-refractivity contribution < 1.29 is 9.59 Å². The zero-order valence-electron chi connectivity index (χ0n) is 14.2. The Kier molecular flexibility index (Phi) is 5.69. The molecule has 2 aromatic carbocycles. The maximum absolute atomic E-state index is 12.4. The molecular formula is C19H19Cl2N3O2. The molecule has 0 saturated carbocycles. The van der Waals surface area contributed by atoms with E-state index in [1.165, 1.54) is 0 Å². The van der Waals surface area contributed by atoms with Gasteiger partial charge in [0, 0.05) is 13.0 Å². The molecular weight excluding hydrogens is 373 g/mol. The van der Waals surface area contributed by atoms with Crippen LogP contribution in [0.3, 0.4) is 0 Å². The average molecular weight is 392 g/mol. The van der Waals surface area contributed by atoms with Gasteiger partial charge >= 0.3 is 6.03 Å². The van der Waals surface area contributed by atoms with Crippen LogP contribution in [-0.4, -0.2) is 29.4 Å². The molecule has 3 amide bonds. The molecule has 3 rings (SSSR count). The van der Waals surface area contributed by atoms with Crippen LogP contribution in [-0.2, 0) is 4.79 Å². The average Bonchev–Trinajstić information content (AvgIpc) is 2.99. The number of anilines is 1. The van der Waals surface area contributed by atoms with E-state index in [0.29, 0.717) is 17.3 Å². The fraction of sp³-hybridized carbons (Fsp3) is 0.263. The third-order valence-corrected chi connectivity index (χ3v) is 5.26. The standard InChI is InChI=1S/C19H19Cl2N3O2/c1-12(13-6-3-2-4-7-13)24-11-14(10-17(24)25)22-19(26)23-16-9-5-8-15(20)18(16)21/h2-9,12,14H,10-11H2,1H3,(H2,22,23,26). The number of amides is 3. The van der Waals surface area contributed by atoms with E-state index in [2.05, 4.69) is 10.6 Å². The van der Waals surface area contributed by atoms with Gasteiger partial charge in [0.1, 0.15) is 0 Å². The summed E-state index contributed by atoms with van der Waals surface area (Å²) >= 11 is 12.0. The van der Waals surface area contributed by atoms with Crippen LogP contribution < -0.4 is 10.6 Å². The molecule has 0 bridgehead atoms.